The summed E-state index contributed by atoms with van der Waals surface area (Å²) in [6, 6.07) is 0. The van der Waals surface area contributed by atoms with E-state index in [1.54, 1.807) is 0 Å². The van der Waals surface area contributed by atoms with Gasteiger partial charge >= 0.3 is 29.6 Å². The van der Waals surface area contributed by atoms with E-state index in [-0.39, 0.29) is 29.6 Å². The van der Waals surface area contributed by atoms with Crippen molar-refractivity contribution >= 4 is 5.97 Å². The van der Waals surface area contributed by atoms with Crippen LogP contribution in [0.1, 0.15) is 0 Å². The van der Waals surface area contributed by atoms with Crippen LogP contribution in [-0.2, 0) is 9.68 Å². The number of aliphatic hydroxyl groups is 10. The molecule has 10 atom stereocenters. The molecule has 0 heterocycles. The monoisotopic (exact) mass is 414 g/mol. The maximum Gasteiger partial charge on any atom is 1.00 e. The average molecular weight is 414 g/mol. The van der Waals surface area contributed by atoms with E-state index in [0.29, 0.717) is 0 Å². The molecule has 10 unspecified atom stereocenters. The standard InChI is InChI=1S/C12H24O14.Na/c13-2(1-26-25)3(14)4(15)5(16)6(17)7(18)8(19)9(20)10(21)11(22)12(23)24;/h2-11,13-22,25H,1H2,(H,23,24);/q;+1/p-1. The number of aliphatic hydroxyl groups excluding tert-OH is 10. The van der Waals surface area contributed by atoms with Gasteiger partial charge in [0, 0.05) is 0 Å². The van der Waals surface area contributed by atoms with Crippen molar-refractivity contribution in [1.82, 2.24) is 0 Å². The van der Waals surface area contributed by atoms with Crippen molar-refractivity contribution in [2.75, 3.05) is 6.61 Å². The van der Waals surface area contributed by atoms with E-state index in [1.165, 1.54) is 0 Å². The minimum atomic E-state index is -2.66. The van der Waals surface area contributed by atoms with Crippen LogP contribution in [0.5, 0.6) is 0 Å². The minimum Gasteiger partial charge on any atom is -0.547 e. The van der Waals surface area contributed by atoms with E-state index in [4.69, 9.17) is 10.4 Å². The zero-order chi connectivity index (χ0) is 20.8. The van der Waals surface area contributed by atoms with Crippen LogP contribution in [0.2, 0.25) is 0 Å². The van der Waals surface area contributed by atoms with E-state index in [0.717, 1.165) is 0 Å². The molecule has 0 rings (SSSR count). The van der Waals surface area contributed by atoms with Crippen LogP contribution in [0.3, 0.4) is 0 Å². The van der Waals surface area contributed by atoms with Gasteiger partial charge in [-0.25, -0.2) is 4.89 Å². The summed E-state index contributed by atoms with van der Waals surface area (Å²) in [5, 5.41) is 113. The molecule has 0 saturated carbocycles. The summed E-state index contributed by atoms with van der Waals surface area (Å²) in [6.07, 6.45) is -24.2. The van der Waals surface area contributed by atoms with Gasteiger partial charge in [-0.1, -0.05) is 0 Å². The first-order valence-electron chi connectivity index (χ1n) is 7.16. The van der Waals surface area contributed by atoms with Crippen molar-refractivity contribution < 1.29 is 101 Å². The first kappa shape index (κ1) is 29.2. The molecular formula is C12H23NaO14. The Bertz CT molecular complexity index is 427. The normalized spacial score (nSPS) is 22.9. The van der Waals surface area contributed by atoms with Gasteiger partial charge in [-0.3, -0.25) is 5.26 Å². The van der Waals surface area contributed by atoms with Crippen molar-refractivity contribution in [2.24, 2.45) is 0 Å². The summed E-state index contributed by atoms with van der Waals surface area (Å²) in [5.74, 6) is -2.21. The summed E-state index contributed by atoms with van der Waals surface area (Å²) in [5.41, 5.74) is 0. The van der Waals surface area contributed by atoms with Crippen LogP contribution in [0.4, 0.5) is 0 Å². The number of carbonyl (C=O) groups is 1. The quantitative estimate of drug-likeness (QED) is 0.0804. The first-order valence-corrected chi connectivity index (χ1v) is 7.16. The van der Waals surface area contributed by atoms with Gasteiger partial charge in [-0.2, -0.15) is 0 Å². The molecule has 0 aliphatic rings. The van der Waals surface area contributed by atoms with E-state index < -0.39 is 73.6 Å². The predicted octanol–water partition coefficient (Wildman–Crippen LogP) is -11.2. The van der Waals surface area contributed by atoms with Gasteiger partial charge in [0.25, 0.3) is 0 Å². The molecule has 0 aromatic carbocycles. The van der Waals surface area contributed by atoms with E-state index in [2.05, 4.69) is 4.89 Å². The topological polar surface area (TPSA) is 272 Å². The van der Waals surface area contributed by atoms with E-state index in [9.17, 15) is 55.9 Å². The molecule has 0 aliphatic heterocycles. The Morgan fingerprint density at radius 3 is 1.26 bits per heavy atom. The summed E-state index contributed by atoms with van der Waals surface area (Å²) in [7, 11) is 0. The van der Waals surface area contributed by atoms with Gasteiger partial charge < -0.3 is 61.0 Å². The molecule has 0 spiro atoms. The smallest absolute Gasteiger partial charge is 0.547 e. The zero-order valence-corrected chi connectivity index (χ0v) is 16.1. The average Bonchev–Trinajstić information content (AvgIpc) is 2.62. The third-order valence-corrected chi connectivity index (χ3v) is 3.65. The largest absolute Gasteiger partial charge is 1.00 e. The molecule has 14 nitrogen and oxygen atoms in total. The van der Waals surface area contributed by atoms with Crippen molar-refractivity contribution in [3.05, 3.63) is 0 Å². The summed E-state index contributed by atoms with van der Waals surface area (Å²) in [6.45, 7) is -0.891. The second-order valence-electron chi connectivity index (χ2n) is 5.55. The molecule has 0 saturated heterocycles. The maximum absolute atomic E-state index is 10.4. The molecule has 15 heteroatoms. The van der Waals surface area contributed by atoms with Gasteiger partial charge in [0.1, 0.15) is 67.6 Å². The number of carboxylic acid groups (broad SMARTS) is 1. The van der Waals surface area contributed by atoms with Gasteiger partial charge in [-0.15, -0.1) is 0 Å². The van der Waals surface area contributed by atoms with Crippen LogP contribution in [0.15, 0.2) is 0 Å². The van der Waals surface area contributed by atoms with E-state index >= 15 is 0 Å². The number of rotatable bonds is 12. The fourth-order valence-electron chi connectivity index (χ4n) is 1.94. The number of hydrogen-bond donors (Lipinski definition) is 11. The third-order valence-electron chi connectivity index (χ3n) is 3.65. The number of carboxylic acids is 1. The van der Waals surface area contributed by atoms with Crippen molar-refractivity contribution in [3.63, 3.8) is 0 Å². The van der Waals surface area contributed by atoms with Gasteiger partial charge in [0.2, 0.25) is 0 Å². The molecule has 0 radical (unpaired) electrons. The number of hydrogen-bond acceptors (Lipinski definition) is 14. The Morgan fingerprint density at radius 1 is 0.667 bits per heavy atom. The first-order chi connectivity index (χ1) is 11.9. The second-order valence-corrected chi connectivity index (χ2v) is 5.55. The van der Waals surface area contributed by atoms with Crippen molar-refractivity contribution in [3.8, 4) is 0 Å². The fraction of sp³-hybridized carbons (Fsp3) is 0.917. The van der Waals surface area contributed by atoms with Gasteiger partial charge in [0.05, 0.1) is 5.97 Å². The number of aliphatic carboxylic acids is 1. The molecule has 11 N–H and O–H groups in total. The van der Waals surface area contributed by atoms with Crippen molar-refractivity contribution in [1.29, 1.82) is 0 Å². The fourth-order valence-corrected chi connectivity index (χ4v) is 1.94. The van der Waals surface area contributed by atoms with Crippen LogP contribution < -0.4 is 34.7 Å². The van der Waals surface area contributed by atoms with Crippen LogP contribution in [-0.4, -0.2) is 130 Å². The van der Waals surface area contributed by atoms with Crippen molar-refractivity contribution in [2.45, 2.75) is 61.0 Å². The zero-order valence-electron chi connectivity index (χ0n) is 14.1. The Kier molecular flexibility index (Phi) is 14.3. The van der Waals surface area contributed by atoms with Crippen LogP contribution in [0, 0.1) is 0 Å². The van der Waals surface area contributed by atoms with Gasteiger partial charge in [-0.05, 0) is 0 Å². The molecule has 0 aromatic rings. The molecule has 0 fully saturated rings. The Labute approximate surface area is 174 Å². The molecule has 0 aromatic heterocycles. The Morgan fingerprint density at radius 2 is 0.963 bits per heavy atom. The minimum absolute atomic E-state index is 0. The summed E-state index contributed by atoms with van der Waals surface area (Å²) in [4.78, 5) is 13.9. The Balaban J connectivity index is 0. The predicted molar refractivity (Wildman–Crippen MR) is 73.7 cm³/mol. The Hall–Kier alpha value is -0.0100. The van der Waals surface area contributed by atoms with Gasteiger partial charge in [0.15, 0.2) is 0 Å². The second kappa shape index (κ2) is 13.3. The summed E-state index contributed by atoms with van der Waals surface area (Å²) >= 11 is 0. The van der Waals surface area contributed by atoms with Crippen LogP contribution in [0.25, 0.3) is 0 Å². The SMILES string of the molecule is O=C([O-])C(O)C(O)C(O)C(O)C(O)C(O)C(O)C(O)C(O)C(O)COO.[Na+]. The summed E-state index contributed by atoms with van der Waals surface area (Å²) < 4.78 is 0. The molecule has 27 heavy (non-hydrogen) atoms. The molecular weight excluding hydrogens is 391 g/mol. The number of carbonyl (C=O) groups excluding carboxylic acids is 1. The third kappa shape index (κ3) is 8.09. The maximum atomic E-state index is 10.4. The molecule has 0 amide bonds. The molecule has 0 aliphatic carbocycles. The van der Waals surface area contributed by atoms with Crippen LogP contribution >= 0.6 is 0 Å². The van der Waals surface area contributed by atoms with E-state index in [1.807, 2.05) is 0 Å². The molecule has 0 bridgehead atoms. The molecule has 156 valence electrons.